The molecule has 3 N–H and O–H groups in total. The number of hydrogen-bond acceptors (Lipinski definition) is 5. The lowest BCUT2D eigenvalue weighted by molar-refractivity contribution is 0.597. The van der Waals surface area contributed by atoms with Crippen LogP contribution in [0.3, 0.4) is 0 Å². The van der Waals surface area contributed by atoms with E-state index >= 15 is 0 Å². The predicted octanol–water partition coefficient (Wildman–Crippen LogP) is 3.35. The number of sulfonamides is 1. The number of anilines is 1. The van der Waals surface area contributed by atoms with Gasteiger partial charge in [-0.25, -0.2) is 8.42 Å². The van der Waals surface area contributed by atoms with Crippen molar-refractivity contribution < 1.29 is 16.8 Å². The Labute approximate surface area is 171 Å². The lowest BCUT2D eigenvalue weighted by Gasteiger charge is -2.05. The van der Waals surface area contributed by atoms with Crippen molar-refractivity contribution in [1.82, 2.24) is 0 Å². The molecule has 0 amide bonds. The highest BCUT2D eigenvalue weighted by Gasteiger charge is 2.24. The van der Waals surface area contributed by atoms with Gasteiger partial charge < -0.3 is 11.1 Å². The minimum atomic E-state index is -4.18. The van der Waals surface area contributed by atoms with Crippen molar-refractivity contribution in [2.24, 2.45) is 10.1 Å². The summed E-state index contributed by atoms with van der Waals surface area (Å²) in [4.78, 5) is 0.0771. The summed E-state index contributed by atoms with van der Waals surface area (Å²) in [6.07, 6.45) is 0. The second kappa shape index (κ2) is 7.92. The highest BCUT2D eigenvalue weighted by Crippen LogP contribution is 2.31. The van der Waals surface area contributed by atoms with E-state index in [4.69, 9.17) is 17.3 Å². The summed E-state index contributed by atoms with van der Waals surface area (Å²) in [6.45, 7) is 0. The predicted molar refractivity (Wildman–Crippen MR) is 110 cm³/mol. The molecule has 0 fully saturated rings. The van der Waals surface area contributed by atoms with Crippen molar-refractivity contribution in [3.8, 4) is 0 Å². The zero-order chi connectivity index (χ0) is 20.4. The molecule has 146 valence electrons. The number of nitrogens with one attached hydrogen (secondary N) is 1. The van der Waals surface area contributed by atoms with Crippen LogP contribution >= 0.6 is 22.9 Å². The fourth-order valence-corrected chi connectivity index (χ4v) is 6.36. The molecule has 0 aliphatic rings. The molecule has 2 aromatic carbocycles. The van der Waals surface area contributed by atoms with Crippen LogP contribution in [0.25, 0.3) is 0 Å². The van der Waals surface area contributed by atoms with Gasteiger partial charge in [-0.3, -0.25) is 0 Å². The third-order valence-corrected chi connectivity index (χ3v) is 8.82. The normalized spacial score (nSPS) is 12.7. The van der Waals surface area contributed by atoms with Crippen LogP contribution in [0.1, 0.15) is 0 Å². The van der Waals surface area contributed by atoms with Gasteiger partial charge in [0.1, 0.15) is 8.42 Å². The molecule has 11 heteroatoms. The van der Waals surface area contributed by atoms with Crippen LogP contribution in [-0.4, -0.2) is 22.8 Å². The molecule has 0 bridgehead atoms. The molecule has 3 rings (SSSR count). The Kier molecular flexibility index (Phi) is 5.75. The molecule has 1 aromatic heterocycles. The van der Waals surface area contributed by atoms with Crippen molar-refractivity contribution in [3.63, 3.8) is 0 Å². The largest absolute Gasteiger partial charge is 0.369 e. The third kappa shape index (κ3) is 4.53. The summed E-state index contributed by atoms with van der Waals surface area (Å²) in [5.74, 6) is -0.358. The van der Waals surface area contributed by atoms with Gasteiger partial charge in [-0.15, -0.1) is 15.7 Å². The molecule has 0 unspecified atom stereocenters. The summed E-state index contributed by atoms with van der Waals surface area (Å²) in [5.41, 5.74) is 6.16. The minimum absolute atomic E-state index is 0.0771. The molecule has 28 heavy (non-hydrogen) atoms. The average Bonchev–Trinajstić information content (AvgIpc) is 3.16. The summed E-state index contributed by atoms with van der Waals surface area (Å²) < 4.78 is 53.3. The standard InChI is InChI=1S/C17H14ClN3O4S3/c18-12-6-8-13(9-7-12)20-17(19)21-28(24,25)16-11-10-15(26-16)27(22,23)14-4-2-1-3-5-14/h1-11H,(H3,19,20,21). The number of nitrogens with two attached hydrogens (primary N) is 1. The Balaban J connectivity index is 1.86. The van der Waals surface area contributed by atoms with Crippen molar-refractivity contribution in [2.45, 2.75) is 13.3 Å². The Morgan fingerprint density at radius 2 is 1.50 bits per heavy atom. The summed E-state index contributed by atoms with van der Waals surface area (Å²) >= 11 is 6.39. The first-order valence-corrected chi connectivity index (χ1v) is 11.8. The van der Waals surface area contributed by atoms with E-state index in [2.05, 4.69) is 9.71 Å². The van der Waals surface area contributed by atoms with Gasteiger partial charge in [0.25, 0.3) is 10.0 Å². The van der Waals surface area contributed by atoms with Gasteiger partial charge in [-0.05, 0) is 48.5 Å². The highest BCUT2D eigenvalue weighted by atomic mass is 35.5. The Bertz CT molecular complexity index is 1220. The smallest absolute Gasteiger partial charge is 0.295 e. The van der Waals surface area contributed by atoms with Crippen LogP contribution in [-0.2, 0) is 19.9 Å². The first kappa shape index (κ1) is 20.3. The van der Waals surface area contributed by atoms with Gasteiger partial charge in [-0.1, -0.05) is 29.8 Å². The van der Waals surface area contributed by atoms with Crippen LogP contribution < -0.4 is 11.1 Å². The van der Waals surface area contributed by atoms with Crippen LogP contribution in [0.2, 0.25) is 5.02 Å². The molecule has 0 saturated carbocycles. The number of nitrogens with zero attached hydrogens (tertiary/aromatic N) is 1. The number of halogens is 1. The van der Waals surface area contributed by atoms with E-state index in [1.165, 1.54) is 24.3 Å². The molecule has 7 nitrogen and oxygen atoms in total. The molecular weight excluding hydrogens is 442 g/mol. The van der Waals surface area contributed by atoms with Crippen molar-refractivity contribution in [2.75, 3.05) is 5.32 Å². The molecule has 0 aliphatic heterocycles. The molecular formula is C17H14ClN3O4S3. The molecule has 0 atom stereocenters. The first-order chi connectivity index (χ1) is 13.2. The quantitative estimate of drug-likeness (QED) is 0.449. The van der Waals surface area contributed by atoms with Crippen LogP contribution in [0.5, 0.6) is 0 Å². The Hall–Kier alpha value is -2.40. The lowest BCUT2D eigenvalue weighted by Crippen LogP contribution is -2.23. The van der Waals surface area contributed by atoms with Crippen molar-refractivity contribution in [1.29, 1.82) is 0 Å². The molecule has 0 radical (unpaired) electrons. The molecule has 0 saturated heterocycles. The molecule has 0 aliphatic carbocycles. The minimum Gasteiger partial charge on any atom is -0.369 e. The maximum Gasteiger partial charge on any atom is 0.295 e. The second-order valence-electron chi connectivity index (χ2n) is 5.47. The summed E-state index contributed by atoms with van der Waals surface area (Å²) in [5, 5.41) is 3.15. The zero-order valence-electron chi connectivity index (χ0n) is 14.1. The van der Waals surface area contributed by atoms with Crippen LogP contribution in [0.4, 0.5) is 5.69 Å². The highest BCUT2D eigenvalue weighted by molar-refractivity contribution is 7.95. The Morgan fingerprint density at radius 1 is 0.893 bits per heavy atom. The molecule has 1 heterocycles. The van der Waals surface area contributed by atoms with E-state index in [0.29, 0.717) is 22.0 Å². The van der Waals surface area contributed by atoms with Gasteiger partial charge in [0, 0.05) is 10.7 Å². The number of rotatable bonds is 5. The Morgan fingerprint density at radius 3 is 2.14 bits per heavy atom. The molecule has 3 aromatic rings. The van der Waals surface area contributed by atoms with Crippen LogP contribution in [0.15, 0.2) is 84.4 Å². The number of benzene rings is 2. The van der Waals surface area contributed by atoms with Crippen LogP contribution in [0, 0.1) is 0 Å². The summed E-state index contributed by atoms with van der Waals surface area (Å²) in [7, 11) is -7.99. The average molecular weight is 456 g/mol. The zero-order valence-corrected chi connectivity index (χ0v) is 17.3. The molecule has 0 spiro atoms. The maximum atomic E-state index is 12.6. The topological polar surface area (TPSA) is 119 Å². The number of sulfone groups is 1. The fraction of sp³-hybridized carbons (Fsp3) is 0. The fourth-order valence-electron chi connectivity index (χ4n) is 2.18. The van der Waals surface area contributed by atoms with E-state index in [0.717, 1.165) is 0 Å². The first-order valence-electron chi connectivity index (χ1n) is 7.71. The van der Waals surface area contributed by atoms with Gasteiger partial charge in [0.05, 0.1) is 4.90 Å². The monoisotopic (exact) mass is 455 g/mol. The van der Waals surface area contributed by atoms with Crippen molar-refractivity contribution >= 4 is 54.4 Å². The summed E-state index contributed by atoms with van der Waals surface area (Å²) in [6, 6.07) is 16.6. The second-order valence-corrected chi connectivity index (χ2v) is 11.0. The van der Waals surface area contributed by atoms with Gasteiger partial charge >= 0.3 is 0 Å². The van der Waals surface area contributed by atoms with E-state index in [1.807, 2.05) is 0 Å². The lowest BCUT2D eigenvalue weighted by atomic mass is 10.3. The van der Waals surface area contributed by atoms with E-state index < -0.39 is 19.9 Å². The van der Waals surface area contributed by atoms with E-state index in [1.54, 1.807) is 42.5 Å². The van der Waals surface area contributed by atoms with Crippen molar-refractivity contribution in [3.05, 3.63) is 71.8 Å². The van der Waals surface area contributed by atoms with Gasteiger partial charge in [0.15, 0.2) is 0 Å². The number of thiophene rings is 1. The third-order valence-electron chi connectivity index (χ3n) is 3.46. The van der Waals surface area contributed by atoms with E-state index in [9.17, 15) is 16.8 Å². The SMILES string of the molecule is N/C(=N\S(=O)(=O)c1ccc(S(=O)(=O)c2ccccc2)s1)Nc1ccc(Cl)cc1. The number of hydrogen-bond donors (Lipinski definition) is 2. The van der Waals surface area contributed by atoms with Gasteiger partial charge in [0.2, 0.25) is 15.8 Å². The van der Waals surface area contributed by atoms with E-state index in [-0.39, 0.29) is 19.3 Å². The number of guanidine groups is 1. The van der Waals surface area contributed by atoms with Gasteiger partial charge in [-0.2, -0.15) is 8.42 Å². The maximum absolute atomic E-state index is 12.6.